The third kappa shape index (κ3) is 5.84. The van der Waals surface area contributed by atoms with E-state index in [-0.39, 0.29) is 24.8 Å². The average molecular weight is 563 g/mol. The predicted octanol–water partition coefficient (Wildman–Crippen LogP) is 4.24. The van der Waals surface area contributed by atoms with Gasteiger partial charge in [0.25, 0.3) is 5.91 Å². The summed E-state index contributed by atoms with van der Waals surface area (Å²) < 4.78 is 12.2. The maximum Gasteiger partial charge on any atom is 0.307 e. The molecule has 1 N–H and O–H groups in total. The standard InChI is InChI=1S/C32H30N6O4/c1-41-29(39)14-15-33-32(40)24-8-6-23(7-9-24)28-20-34-30(37-16-18-42-19-17-37)31-36-26(21-38(28)31)13-12-25-11-10-22-4-2-3-5-27(22)35-25/h2-13,20-21H,14-19H2,1H3,(H,33,40). The smallest absolute Gasteiger partial charge is 0.307 e. The molecule has 0 aliphatic carbocycles. The van der Waals surface area contributed by atoms with Crippen molar-refractivity contribution in [3.05, 3.63) is 90.0 Å². The zero-order valence-corrected chi connectivity index (χ0v) is 23.2. The molecule has 1 fully saturated rings. The van der Waals surface area contributed by atoms with E-state index < -0.39 is 0 Å². The molecule has 10 heteroatoms. The maximum absolute atomic E-state index is 12.5. The number of imidazole rings is 1. The molecule has 0 radical (unpaired) electrons. The molecule has 0 atom stereocenters. The molecule has 2 aromatic carbocycles. The highest BCUT2D eigenvalue weighted by Crippen LogP contribution is 2.28. The number of carbonyl (C=O) groups is 2. The molecular formula is C32H30N6O4. The van der Waals surface area contributed by atoms with Crippen molar-refractivity contribution in [3.8, 4) is 11.3 Å². The molecule has 1 amide bonds. The highest BCUT2D eigenvalue weighted by Gasteiger charge is 2.20. The SMILES string of the molecule is COC(=O)CCNC(=O)c1ccc(-c2cnc(N3CCOCC3)c3nc(C=Cc4ccc5ccccc5n4)cn23)cc1. The summed E-state index contributed by atoms with van der Waals surface area (Å²) in [6, 6.07) is 19.4. The minimum Gasteiger partial charge on any atom is -0.469 e. The number of para-hydroxylation sites is 1. The third-order valence-corrected chi connectivity index (χ3v) is 7.13. The molecule has 42 heavy (non-hydrogen) atoms. The molecule has 3 aromatic heterocycles. The number of pyridine rings is 1. The van der Waals surface area contributed by atoms with Crippen molar-refractivity contribution < 1.29 is 19.1 Å². The summed E-state index contributed by atoms with van der Waals surface area (Å²) in [6.07, 6.45) is 7.86. The van der Waals surface area contributed by atoms with E-state index in [1.54, 1.807) is 12.1 Å². The molecule has 212 valence electrons. The Morgan fingerprint density at radius 1 is 0.976 bits per heavy atom. The van der Waals surface area contributed by atoms with Crippen LogP contribution >= 0.6 is 0 Å². The number of benzene rings is 2. The molecule has 1 aliphatic heterocycles. The second-order valence-electron chi connectivity index (χ2n) is 9.85. The van der Waals surface area contributed by atoms with E-state index in [0.717, 1.165) is 58.1 Å². The number of esters is 1. The Balaban J connectivity index is 1.31. The normalized spacial score (nSPS) is 13.6. The minimum absolute atomic E-state index is 0.119. The fourth-order valence-corrected chi connectivity index (χ4v) is 4.89. The van der Waals surface area contributed by atoms with Crippen molar-refractivity contribution in [2.24, 2.45) is 0 Å². The van der Waals surface area contributed by atoms with E-state index in [4.69, 9.17) is 19.7 Å². The number of ether oxygens (including phenoxy) is 2. The first kappa shape index (κ1) is 27.1. The Morgan fingerprint density at radius 2 is 1.76 bits per heavy atom. The van der Waals surface area contributed by atoms with Gasteiger partial charge in [-0.25, -0.2) is 15.0 Å². The predicted molar refractivity (Wildman–Crippen MR) is 161 cm³/mol. The lowest BCUT2D eigenvalue weighted by Gasteiger charge is -2.28. The number of carbonyl (C=O) groups excluding carboxylic acids is 2. The monoisotopic (exact) mass is 562 g/mol. The number of nitrogens with zero attached hydrogens (tertiary/aromatic N) is 5. The number of fused-ring (bicyclic) bond motifs is 2. The molecule has 4 heterocycles. The van der Waals surface area contributed by atoms with Gasteiger partial charge in [-0.1, -0.05) is 36.4 Å². The summed E-state index contributed by atoms with van der Waals surface area (Å²) in [5.41, 5.74) is 5.52. The summed E-state index contributed by atoms with van der Waals surface area (Å²) in [4.78, 5) is 40.6. The largest absolute Gasteiger partial charge is 0.469 e. The Labute approximate surface area is 242 Å². The Bertz CT molecular complexity index is 1770. The Hall–Kier alpha value is -5.09. The number of nitrogens with one attached hydrogen (secondary N) is 1. The van der Waals surface area contributed by atoms with E-state index >= 15 is 0 Å². The fourth-order valence-electron chi connectivity index (χ4n) is 4.89. The van der Waals surface area contributed by atoms with Gasteiger partial charge in [-0.2, -0.15) is 0 Å². The van der Waals surface area contributed by atoms with Gasteiger partial charge < -0.3 is 19.7 Å². The average Bonchev–Trinajstić information content (AvgIpc) is 3.48. The number of methoxy groups -OCH3 is 1. The van der Waals surface area contributed by atoms with Crippen LogP contribution in [-0.2, 0) is 14.3 Å². The number of hydrogen-bond donors (Lipinski definition) is 1. The number of aromatic nitrogens is 4. The van der Waals surface area contributed by atoms with Crippen molar-refractivity contribution in [1.82, 2.24) is 24.7 Å². The molecule has 0 bridgehead atoms. The second-order valence-corrected chi connectivity index (χ2v) is 9.85. The third-order valence-electron chi connectivity index (χ3n) is 7.13. The number of hydrogen-bond acceptors (Lipinski definition) is 8. The van der Waals surface area contributed by atoms with Gasteiger partial charge in [0.2, 0.25) is 0 Å². The van der Waals surface area contributed by atoms with Gasteiger partial charge in [0.15, 0.2) is 11.5 Å². The van der Waals surface area contributed by atoms with Crippen LogP contribution in [0.5, 0.6) is 0 Å². The molecule has 5 aromatic rings. The fraction of sp³-hybridized carbons (Fsp3) is 0.219. The van der Waals surface area contributed by atoms with E-state index in [0.29, 0.717) is 18.8 Å². The quantitative estimate of drug-likeness (QED) is 0.280. The summed E-state index contributed by atoms with van der Waals surface area (Å²) in [6.45, 7) is 2.96. The summed E-state index contributed by atoms with van der Waals surface area (Å²) >= 11 is 0. The number of morpholine rings is 1. The lowest BCUT2D eigenvalue weighted by atomic mass is 10.1. The zero-order valence-electron chi connectivity index (χ0n) is 23.2. The zero-order chi connectivity index (χ0) is 28.9. The van der Waals surface area contributed by atoms with Gasteiger partial charge in [0.05, 0.1) is 55.5 Å². The first-order valence-electron chi connectivity index (χ1n) is 13.8. The molecule has 6 rings (SSSR count). The Kier molecular flexibility index (Phi) is 7.87. The highest BCUT2D eigenvalue weighted by molar-refractivity contribution is 5.95. The van der Waals surface area contributed by atoms with Crippen LogP contribution in [0.25, 0.3) is 40.0 Å². The first-order chi connectivity index (χ1) is 20.6. The molecule has 1 aliphatic rings. The van der Waals surface area contributed by atoms with Crippen LogP contribution in [0.15, 0.2) is 73.1 Å². The number of amides is 1. The summed E-state index contributed by atoms with van der Waals surface area (Å²) in [5, 5.41) is 3.84. The maximum atomic E-state index is 12.5. The number of anilines is 1. The van der Waals surface area contributed by atoms with Gasteiger partial charge in [0.1, 0.15) is 0 Å². The molecule has 0 spiro atoms. The molecular weight excluding hydrogens is 532 g/mol. The lowest BCUT2D eigenvalue weighted by Crippen LogP contribution is -2.37. The lowest BCUT2D eigenvalue weighted by molar-refractivity contribution is -0.140. The molecule has 0 saturated carbocycles. The Morgan fingerprint density at radius 3 is 2.57 bits per heavy atom. The van der Waals surface area contributed by atoms with Crippen molar-refractivity contribution in [2.75, 3.05) is 44.9 Å². The summed E-state index contributed by atoms with van der Waals surface area (Å²) in [5.74, 6) is 0.173. The summed E-state index contributed by atoms with van der Waals surface area (Å²) in [7, 11) is 1.32. The van der Waals surface area contributed by atoms with Crippen LogP contribution in [0.2, 0.25) is 0 Å². The van der Waals surface area contributed by atoms with Gasteiger partial charge in [0, 0.05) is 42.3 Å². The van der Waals surface area contributed by atoms with Crippen molar-refractivity contribution >= 4 is 46.4 Å². The molecule has 0 unspecified atom stereocenters. The van der Waals surface area contributed by atoms with E-state index in [9.17, 15) is 9.59 Å². The van der Waals surface area contributed by atoms with Gasteiger partial charge in [-0.05, 0) is 36.4 Å². The van der Waals surface area contributed by atoms with Crippen LogP contribution in [0.1, 0.15) is 28.2 Å². The first-order valence-corrected chi connectivity index (χ1v) is 13.8. The second kappa shape index (κ2) is 12.2. The van der Waals surface area contributed by atoms with E-state index in [2.05, 4.69) is 21.0 Å². The van der Waals surface area contributed by atoms with Crippen LogP contribution in [0.4, 0.5) is 5.82 Å². The molecule has 10 nitrogen and oxygen atoms in total. The molecule has 1 saturated heterocycles. The van der Waals surface area contributed by atoms with Crippen molar-refractivity contribution in [1.29, 1.82) is 0 Å². The topological polar surface area (TPSA) is 111 Å². The van der Waals surface area contributed by atoms with E-state index in [1.807, 2.05) is 71.4 Å². The number of rotatable bonds is 8. The van der Waals surface area contributed by atoms with Crippen LogP contribution in [-0.4, -0.2) is 71.2 Å². The van der Waals surface area contributed by atoms with Gasteiger partial charge >= 0.3 is 5.97 Å². The van der Waals surface area contributed by atoms with Crippen LogP contribution in [0.3, 0.4) is 0 Å². The van der Waals surface area contributed by atoms with Gasteiger partial charge in [-0.15, -0.1) is 0 Å². The van der Waals surface area contributed by atoms with Crippen LogP contribution < -0.4 is 10.2 Å². The minimum atomic E-state index is -0.370. The van der Waals surface area contributed by atoms with Gasteiger partial charge in [-0.3, -0.25) is 14.0 Å². The highest BCUT2D eigenvalue weighted by atomic mass is 16.5. The van der Waals surface area contributed by atoms with Crippen molar-refractivity contribution in [2.45, 2.75) is 6.42 Å². The van der Waals surface area contributed by atoms with Crippen molar-refractivity contribution in [3.63, 3.8) is 0 Å². The van der Waals surface area contributed by atoms with Crippen LogP contribution in [0, 0.1) is 0 Å². The van der Waals surface area contributed by atoms with E-state index in [1.165, 1.54) is 7.11 Å².